The number of nitrogens with zero attached hydrogens (tertiary/aromatic N) is 3. The molecule has 9 nitrogen and oxygen atoms in total. The number of anilines is 2. The zero-order valence-corrected chi connectivity index (χ0v) is 22.3. The first-order valence-electron chi connectivity index (χ1n) is 12.8. The Morgan fingerprint density at radius 1 is 1.18 bits per heavy atom. The van der Waals surface area contributed by atoms with Crippen molar-refractivity contribution in [2.45, 2.75) is 32.0 Å². The summed E-state index contributed by atoms with van der Waals surface area (Å²) in [5.41, 5.74) is -0.879. The van der Waals surface area contributed by atoms with E-state index in [-0.39, 0.29) is 39.8 Å². The lowest BCUT2D eigenvalue weighted by Gasteiger charge is -2.31. The SMILES string of the molecule is CCN1CCC(Oc2ccc(NC(=O)c3ccc(Cl)c(Oc4ncnc5c4OCCN5)c3)cc2C(F)(F)F)CC1. The number of ether oxygens (including phenoxy) is 3. The number of rotatable bonds is 7. The van der Waals surface area contributed by atoms with Gasteiger partial charge in [-0.15, -0.1) is 0 Å². The number of hydrogen-bond acceptors (Lipinski definition) is 8. The predicted octanol–water partition coefficient (Wildman–Crippen LogP) is 5.86. The molecule has 3 heterocycles. The molecule has 2 aliphatic heterocycles. The molecule has 13 heteroatoms. The molecule has 0 radical (unpaired) electrons. The molecule has 0 unspecified atom stereocenters. The van der Waals surface area contributed by atoms with Gasteiger partial charge in [0.05, 0.1) is 17.1 Å². The summed E-state index contributed by atoms with van der Waals surface area (Å²) in [6.07, 6.45) is -2.40. The van der Waals surface area contributed by atoms with Gasteiger partial charge in [-0.25, -0.2) is 4.98 Å². The number of likely N-dealkylation sites (tertiary alicyclic amines) is 1. The van der Waals surface area contributed by atoms with E-state index in [9.17, 15) is 18.0 Å². The molecular weight excluding hydrogens is 551 g/mol. The van der Waals surface area contributed by atoms with Crippen molar-refractivity contribution in [2.75, 3.05) is 43.4 Å². The number of aromatic nitrogens is 2. The Kier molecular flexibility index (Phi) is 8.17. The summed E-state index contributed by atoms with van der Waals surface area (Å²) in [4.78, 5) is 23.4. The third-order valence-electron chi connectivity index (χ3n) is 6.63. The van der Waals surface area contributed by atoms with Gasteiger partial charge in [0.25, 0.3) is 11.8 Å². The molecule has 1 amide bonds. The lowest BCUT2D eigenvalue weighted by atomic mass is 10.1. The monoisotopic (exact) mass is 577 g/mol. The summed E-state index contributed by atoms with van der Waals surface area (Å²) in [6.45, 7) is 5.44. The predicted molar refractivity (Wildman–Crippen MR) is 143 cm³/mol. The first-order valence-corrected chi connectivity index (χ1v) is 13.2. The van der Waals surface area contributed by atoms with Crippen LogP contribution in [0.4, 0.5) is 24.7 Å². The van der Waals surface area contributed by atoms with Crippen LogP contribution in [-0.4, -0.2) is 59.7 Å². The number of hydrogen-bond donors (Lipinski definition) is 2. The maximum atomic E-state index is 13.9. The molecular formula is C27H27ClF3N5O4. The lowest BCUT2D eigenvalue weighted by Crippen LogP contribution is -2.38. The second-order valence-electron chi connectivity index (χ2n) is 9.29. The standard InChI is InChI=1S/C27H27ClF3N5O4/c1-2-36-10-7-18(8-11-36)39-21-6-4-17(14-19(21)27(29,30)31)35-25(37)16-3-5-20(28)22(13-16)40-26-23-24(33-15-34-26)32-9-12-38-23/h3-6,13-15,18H,2,7-12H2,1H3,(H,35,37)(H,32,33,34). The highest BCUT2D eigenvalue weighted by molar-refractivity contribution is 6.32. The van der Waals surface area contributed by atoms with Gasteiger partial charge in [-0.2, -0.15) is 18.2 Å². The Bertz CT molecular complexity index is 1380. The fourth-order valence-electron chi connectivity index (χ4n) is 4.49. The summed E-state index contributed by atoms with van der Waals surface area (Å²) in [6, 6.07) is 7.75. The quantitative estimate of drug-likeness (QED) is 0.360. The van der Waals surface area contributed by atoms with Crippen LogP contribution in [0.2, 0.25) is 5.02 Å². The molecule has 0 aliphatic carbocycles. The van der Waals surface area contributed by atoms with Gasteiger partial charge < -0.3 is 29.7 Å². The van der Waals surface area contributed by atoms with Crippen molar-refractivity contribution in [3.63, 3.8) is 0 Å². The number of amides is 1. The summed E-state index contributed by atoms with van der Waals surface area (Å²) in [5, 5.41) is 5.77. The van der Waals surface area contributed by atoms with Crippen LogP contribution < -0.4 is 24.8 Å². The highest BCUT2D eigenvalue weighted by Crippen LogP contribution is 2.40. The van der Waals surface area contributed by atoms with E-state index in [1.807, 2.05) is 6.92 Å². The highest BCUT2D eigenvalue weighted by atomic mass is 35.5. The topological polar surface area (TPSA) is 97.8 Å². The van der Waals surface area contributed by atoms with Crippen LogP contribution in [0.3, 0.4) is 0 Å². The van der Waals surface area contributed by atoms with Crippen molar-refractivity contribution in [2.24, 2.45) is 0 Å². The number of piperidine rings is 1. The molecule has 1 fully saturated rings. The number of alkyl halides is 3. The Morgan fingerprint density at radius 2 is 1.98 bits per heavy atom. The second kappa shape index (κ2) is 11.8. The summed E-state index contributed by atoms with van der Waals surface area (Å²) in [7, 11) is 0. The smallest absolute Gasteiger partial charge is 0.420 e. The van der Waals surface area contributed by atoms with Crippen molar-refractivity contribution in [3.8, 4) is 23.1 Å². The van der Waals surface area contributed by atoms with Gasteiger partial charge in [-0.1, -0.05) is 18.5 Å². The maximum absolute atomic E-state index is 13.9. The lowest BCUT2D eigenvalue weighted by molar-refractivity contribution is -0.139. The Balaban J connectivity index is 1.32. The normalized spacial score (nSPS) is 15.9. The number of nitrogens with one attached hydrogen (secondary N) is 2. The molecule has 0 saturated carbocycles. The zero-order valence-electron chi connectivity index (χ0n) is 21.6. The molecule has 2 aromatic carbocycles. The molecule has 1 aromatic heterocycles. The van der Waals surface area contributed by atoms with Gasteiger partial charge in [0.15, 0.2) is 5.82 Å². The molecule has 2 aliphatic rings. The number of halogens is 4. The van der Waals surface area contributed by atoms with Crippen molar-refractivity contribution in [1.82, 2.24) is 14.9 Å². The summed E-state index contributed by atoms with van der Waals surface area (Å²) < 4.78 is 58.9. The van der Waals surface area contributed by atoms with E-state index < -0.39 is 17.6 Å². The Morgan fingerprint density at radius 3 is 2.73 bits per heavy atom. The average Bonchev–Trinajstić information content (AvgIpc) is 2.95. The van der Waals surface area contributed by atoms with Crippen LogP contribution in [0, 0.1) is 0 Å². The molecule has 5 rings (SSSR count). The Hall–Kier alpha value is -3.77. The molecule has 3 aromatic rings. The molecule has 212 valence electrons. The first-order chi connectivity index (χ1) is 19.2. The molecule has 2 N–H and O–H groups in total. The van der Waals surface area contributed by atoms with Crippen LogP contribution >= 0.6 is 11.6 Å². The number of carbonyl (C=O) groups excluding carboxylic acids is 1. The number of benzene rings is 2. The van der Waals surface area contributed by atoms with Crippen LogP contribution in [0.5, 0.6) is 23.1 Å². The molecule has 0 atom stereocenters. The van der Waals surface area contributed by atoms with E-state index in [0.29, 0.717) is 37.6 Å². The van der Waals surface area contributed by atoms with Gasteiger partial charge >= 0.3 is 6.18 Å². The third-order valence-corrected chi connectivity index (χ3v) is 6.94. The van der Waals surface area contributed by atoms with E-state index in [1.54, 1.807) is 0 Å². The van der Waals surface area contributed by atoms with Gasteiger partial charge in [0, 0.05) is 24.3 Å². The van der Waals surface area contributed by atoms with E-state index in [1.165, 1.54) is 36.7 Å². The van der Waals surface area contributed by atoms with E-state index >= 15 is 0 Å². The van der Waals surface area contributed by atoms with Gasteiger partial charge in [-0.05, 0) is 55.8 Å². The fourth-order valence-corrected chi connectivity index (χ4v) is 4.65. The third kappa shape index (κ3) is 6.34. The fraction of sp³-hybridized carbons (Fsp3) is 0.370. The minimum atomic E-state index is -4.67. The van der Waals surface area contributed by atoms with Crippen molar-refractivity contribution in [1.29, 1.82) is 0 Å². The minimum absolute atomic E-state index is 0.0350. The zero-order chi connectivity index (χ0) is 28.3. The largest absolute Gasteiger partial charge is 0.490 e. The molecule has 0 bridgehead atoms. The van der Waals surface area contributed by atoms with Crippen molar-refractivity contribution < 1.29 is 32.2 Å². The van der Waals surface area contributed by atoms with Crippen LogP contribution in [0.15, 0.2) is 42.7 Å². The van der Waals surface area contributed by atoms with Gasteiger partial charge in [0.1, 0.15) is 30.5 Å². The van der Waals surface area contributed by atoms with Crippen molar-refractivity contribution >= 4 is 29.0 Å². The van der Waals surface area contributed by atoms with E-state index in [0.717, 1.165) is 25.7 Å². The molecule has 1 saturated heterocycles. The van der Waals surface area contributed by atoms with Gasteiger partial charge in [0.2, 0.25) is 5.75 Å². The number of fused-ring (bicyclic) bond motifs is 1. The van der Waals surface area contributed by atoms with Crippen LogP contribution in [0.25, 0.3) is 0 Å². The average molecular weight is 578 g/mol. The van der Waals surface area contributed by atoms with E-state index in [2.05, 4.69) is 25.5 Å². The maximum Gasteiger partial charge on any atom is 0.420 e. The van der Waals surface area contributed by atoms with E-state index in [4.69, 9.17) is 25.8 Å². The van der Waals surface area contributed by atoms with Crippen LogP contribution in [0.1, 0.15) is 35.7 Å². The molecule has 0 spiro atoms. The second-order valence-corrected chi connectivity index (χ2v) is 9.70. The Labute approximate surface area is 233 Å². The van der Waals surface area contributed by atoms with Crippen LogP contribution in [-0.2, 0) is 6.18 Å². The highest BCUT2D eigenvalue weighted by Gasteiger charge is 2.36. The molecule has 40 heavy (non-hydrogen) atoms. The first kappa shape index (κ1) is 27.8. The minimum Gasteiger partial charge on any atom is -0.490 e. The summed E-state index contributed by atoms with van der Waals surface area (Å²) >= 11 is 6.28. The summed E-state index contributed by atoms with van der Waals surface area (Å²) in [5.74, 6) is 0.0595. The van der Waals surface area contributed by atoms with Crippen molar-refractivity contribution in [3.05, 3.63) is 58.9 Å². The van der Waals surface area contributed by atoms with Gasteiger partial charge in [-0.3, -0.25) is 4.79 Å². The number of carbonyl (C=O) groups is 1.